The zero-order valence-electron chi connectivity index (χ0n) is 8.96. The largest absolute Gasteiger partial charge is 0.338 e. The molecule has 1 N–H and O–H groups in total. The predicted molar refractivity (Wildman–Crippen MR) is 58.5 cm³/mol. The second-order valence-corrected chi connectivity index (χ2v) is 3.27. The van der Waals surface area contributed by atoms with E-state index in [0.717, 1.165) is 6.42 Å². The standard InChI is InChI=1S/C11H15FN2O/c1-3-7-13-11(15)14(2)10-6-4-5-9(12)8-10/h4-6,8H,3,7H2,1-2H3,(H,13,15). The zero-order valence-corrected chi connectivity index (χ0v) is 8.96. The minimum absolute atomic E-state index is 0.220. The van der Waals surface area contributed by atoms with Crippen LogP contribution in [-0.2, 0) is 0 Å². The molecular formula is C11H15FN2O. The molecule has 0 fully saturated rings. The van der Waals surface area contributed by atoms with E-state index in [9.17, 15) is 9.18 Å². The second-order valence-electron chi connectivity index (χ2n) is 3.27. The van der Waals surface area contributed by atoms with Crippen LogP contribution in [-0.4, -0.2) is 19.6 Å². The van der Waals surface area contributed by atoms with E-state index in [2.05, 4.69) is 5.32 Å². The molecule has 1 aromatic carbocycles. The Morgan fingerprint density at radius 1 is 1.53 bits per heavy atom. The Labute approximate surface area is 88.9 Å². The molecule has 15 heavy (non-hydrogen) atoms. The fourth-order valence-corrected chi connectivity index (χ4v) is 1.15. The molecule has 1 aromatic rings. The van der Waals surface area contributed by atoms with Crippen molar-refractivity contribution in [2.24, 2.45) is 0 Å². The lowest BCUT2D eigenvalue weighted by Gasteiger charge is -2.17. The van der Waals surface area contributed by atoms with Crippen molar-refractivity contribution in [1.82, 2.24) is 5.32 Å². The molecule has 3 nitrogen and oxygen atoms in total. The molecule has 4 heteroatoms. The molecule has 0 spiro atoms. The van der Waals surface area contributed by atoms with Gasteiger partial charge in [-0.1, -0.05) is 13.0 Å². The van der Waals surface area contributed by atoms with E-state index in [4.69, 9.17) is 0 Å². The van der Waals surface area contributed by atoms with E-state index < -0.39 is 0 Å². The lowest BCUT2D eigenvalue weighted by atomic mass is 10.3. The highest BCUT2D eigenvalue weighted by molar-refractivity contribution is 5.91. The van der Waals surface area contributed by atoms with Crippen LogP contribution in [0.2, 0.25) is 0 Å². The lowest BCUT2D eigenvalue weighted by molar-refractivity contribution is 0.247. The van der Waals surface area contributed by atoms with E-state index in [1.54, 1.807) is 19.2 Å². The van der Waals surface area contributed by atoms with Gasteiger partial charge < -0.3 is 5.32 Å². The SMILES string of the molecule is CCCNC(=O)N(C)c1cccc(F)c1. The summed E-state index contributed by atoms with van der Waals surface area (Å²) in [6, 6.07) is 5.72. The molecule has 1 rings (SSSR count). The molecule has 0 atom stereocenters. The molecule has 2 amide bonds. The van der Waals surface area contributed by atoms with Gasteiger partial charge in [0.05, 0.1) is 0 Å². The van der Waals surface area contributed by atoms with Crippen molar-refractivity contribution in [1.29, 1.82) is 0 Å². The fourth-order valence-electron chi connectivity index (χ4n) is 1.15. The fraction of sp³-hybridized carbons (Fsp3) is 0.364. The van der Waals surface area contributed by atoms with Crippen LogP contribution in [0.5, 0.6) is 0 Å². The quantitative estimate of drug-likeness (QED) is 0.816. The van der Waals surface area contributed by atoms with Gasteiger partial charge in [0.2, 0.25) is 0 Å². The molecule has 0 heterocycles. The van der Waals surface area contributed by atoms with Crippen LogP contribution in [0.1, 0.15) is 13.3 Å². The van der Waals surface area contributed by atoms with Crippen LogP contribution in [0.15, 0.2) is 24.3 Å². The lowest BCUT2D eigenvalue weighted by Crippen LogP contribution is -2.37. The van der Waals surface area contributed by atoms with Crippen molar-refractivity contribution in [3.8, 4) is 0 Å². The number of carbonyl (C=O) groups excluding carboxylic acids is 1. The summed E-state index contributed by atoms with van der Waals surface area (Å²) in [4.78, 5) is 12.9. The van der Waals surface area contributed by atoms with Crippen LogP contribution in [0.25, 0.3) is 0 Å². The summed E-state index contributed by atoms with van der Waals surface area (Å²) in [5, 5.41) is 2.71. The van der Waals surface area contributed by atoms with E-state index in [0.29, 0.717) is 12.2 Å². The maximum atomic E-state index is 12.9. The van der Waals surface area contributed by atoms with Gasteiger partial charge in [-0.25, -0.2) is 9.18 Å². The highest BCUT2D eigenvalue weighted by atomic mass is 19.1. The highest BCUT2D eigenvalue weighted by Crippen LogP contribution is 2.13. The summed E-state index contributed by atoms with van der Waals surface area (Å²) in [6.45, 7) is 2.60. The number of carbonyl (C=O) groups is 1. The van der Waals surface area contributed by atoms with Gasteiger partial charge in [0, 0.05) is 19.3 Å². The van der Waals surface area contributed by atoms with Crippen molar-refractivity contribution in [2.75, 3.05) is 18.5 Å². The average Bonchev–Trinajstić information content (AvgIpc) is 2.24. The van der Waals surface area contributed by atoms with Crippen molar-refractivity contribution in [2.45, 2.75) is 13.3 Å². The van der Waals surface area contributed by atoms with Crippen LogP contribution in [0.4, 0.5) is 14.9 Å². The van der Waals surface area contributed by atoms with E-state index in [1.165, 1.54) is 17.0 Å². The van der Waals surface area contributed by atoms with Gasteiger partial charge in [-0.05, 0) is 24.6 Å². The summed E-state index contributed by atoms with van der Waals surface area (Å²) in [5.74, 6) is -0.345. The third-order valence-corrected chi connectivity index (χ3v) is 2.03. The van der Waals surface area contributed by atoms with E-state index >= 15 is 0 Å². The molecular weight excluding hydrogens is 195 g/mol. The minimum atomic E-state index is -0.345. The molecule has 0 saturated carbocycles. The van der Waals surface area contributed by atoms with Crippen molar-refractivity contribution in [3.05, 3.63) is 30.1 Å². The molecule has 82 valence electrons. The second kappa shape index (κ2) is 5.34. The number of urea groups is 1. The maximum Gasteiger partial charge on any atom is 0.321 e. The molecule has 0 saturated heterocycles. The number of amides is 2. The Morgan fingerprint density at radius 2 is 2.27 bits per heavy atom. The summed E-state index contributed by atoms with van der Waals surface area (Å²) in [5.41, 5.74) is 0.545. The average molecular weight is 210 g/mol. The normalized spacial score (nSPS) is 9.80. The number of hydrogen-bond acceptors (Lipinski definition) is 1. The number of hydrogen-bond donors (Lipinski definition) is 1. The first-order valence-electron chi connectivity index (χ1n) is 4.92. The smallest absolute Gasteiger partial charge is 0.321 e. The van der Waals surface area contributed by atoms with Crippen molar-refractivity contribution < 1.29 is 9.18 Å². The monoisotopic (exact) mass is 210 g/mol. The van der Waals surface area contributed by atoms with Gasteiger partial charge in [0.25, 0.3) is 0 Å². The Kier molecular flexibility index (Phi) is 4.09. The molecule has 0 bridgehead atoms. The van der Waals surface area contributed by atoms with E-state index in [1.807, 2.05) is 6.92 Å². The van der Waals surface area contributed by atoms with Gasteiger partial charge in [-0.3, -0.25) is 4.90 Å². The minimum Gasteiger partial charge on any atom is -0.338 e. The van der Waals surface area contributed by atoms with Crippen molar-refractivity contribution >= 4 is 11.7 Å². The zero-order chi connectivity index (χ0) is 11.3. The molecule has 0 radical (unpaired) electrons. The van der Waals surface area contributed by atoms with Crippen LogP contribution in [0.3, 0.4) is 0 Å². The summed E-state index contributed by atoms with van der Waals surface area (Å²) < 4.78 is 12.9. The van der Waals surface area contributed by atoms with Gasteiger partial charge in [-0.2, -0.15) is 0 Å². The number of anilines is 1. The first-order chi connectivity index (χ1) is 7.15. The van der Waals surface area contributed by atoms with Crippen molar-refractivity contribution in [3.63, 3.8) is 0 Å². The van der Waals surface area contributed by atoms with Gasteiger partial charge in [0.15, 0.2) is 0 Å². The van der Waals surface area contributed by atoms with Crippen LogP contribution >= 0.6 is 0 Å². The topological polar surface area (TPSA) is 32.3 Å². The van der Waals surface area contributed by atoms with Gasteiger partial charge in [-0.15, -0.1) is 0 Å². The maximum absolute atomic E-state index is 12.9. The number of halogens is 1. The van der Waals surface area contributed by atoms with Crippen LogP contribution in [0, 0.1) is 5.82 Å². The number of nitrogens with zero attached hydrogens (tertiary/aromatic N) is 1. The van der Waals surface area contributed by atoms with Gasteiger partial charge in [0.1, 0.15) is 5.82 Å². The summed E-state index contributed by atoms with van der Waals surface area (Å²) in [6.07, 6.45) is 0.878. The first-order valence-corrected chi connectivity index (χ1v) is 4.92. The predicted octanol–water partition coefficient (Wildman–Crippen LogP) is 2.38. The highest BCUT2D eigenvalue weighted by Gasteiger charge is 2.09. The van der Waals surface area contributed by atoms with E-state index in [-0.39, 0.29) is 11.8 Å². The number of rotatable bonds is 3. The molecule has 0 aromatic heterocycles. The Morgan fingerprint density at radius 3 is 2.87 bits per heavy atom. The Balaban J connectivity index is 2.67. The number of nitrogens with one attached hydrogen (secondary N) is 1. The Hall–Kier alpha value is -1.58. The molecule has 0 unspecified atom stereocenters. The third-order valence-electron chi connectivity index (χ3n) is 2.03. The van der Waals surface area contributed by atoms with Crippen LogP contribution < -0.4 is 10.2 Å². The number of benzene rings is 1. The first kappa shape index (κ1) is 11.5. The summed E-state index contributed by atoms with van der Waals surface area (Å²) in [7, 11) is 1.61. The molecule has 0 aliphatic carbocycles. The Bertz CT molecular complexity index is 341. The summed E-state index contributed by atoms with van der Waals surface area (Å²) >= 11 is 0. The van der Waals surface area contributed by atoms with Gasteiger partial charge >= 0.3 is 6.03 Å². The molecule has 0 aliphatic heterocycles. The molecule has 0 aliphatic rings. The third kappa shape index (κ3) is 3.23.